The van der Waals surface area contributed by atoms with E-state index in [1.54, 1.807) is 19.0 Å². The number of hydrogen-bond acceptors (Lipinski definition) is 3. The topological polar surface area (TPSA) is 57.6 Å². The van der Waals surface area contributed by atoms with Crippen LogP contribution in [0.1, 0.15) is 54.9 Å². The number of carbonyl (C=O) groups excluding carboxylic acids is 2. The summed E-state index contributed by atoms with van der Waals surface area (Å²) < 4.78 is 0. The number of allylic oxidation sites excluding steroid dienone is 1. The molecular formula is C20H29NO3. The molecule has 0 aromatic heterocycles. The molecule has 0 fully saturated rings. The summed E-state index contributed by atoms with van der Waals surface area (Å²) >= 11 is 0. The first-order valence-corrected chi connectivity index (χ1v) is 8.55. The molecule has 0 radical (unpaired) electrons. The van der Waals surface area contributed by atoms with Crippen molar-refractivity contribution in [1.29, 1.82) is 0 Å². The Morgan fingerprint density at radius 3 is 2.67 bits per heavy atom. The van der Waals surface area contributed by atoms with Gasteiger partial charge in [0.25, 0.3) is 0 Å². The van der Waals surface area contributed by atoms with Crippen LogP contribution >= 0.6 is 0 Å². The monoisotopic (exact) mass is 331 g/mol. The number of unbranched alkanes of at least 4 members (excludes halogenated alkanes) is 1. The van der Waals surface area contributed by atoms with Crippen LogP contribution in [0.5, 0.6) is 0 Å². The van der Waals surface area contributed by atoms with E-state index in [0.29, 0.717) is 24.8 Å². The summed E-state index contributed by atoms with van der Waals surface area (Å²) in [7, 11) is 3.53. The van der Waals surface area contributed by atoms with Crippen LogP contribution in [-0.4, -0.2) is 42.4 Å². The van der Waals surface area contributed by atoms with Gasteiger partial charge >= 0.3 is 0 Å². The zero-order chi connectivity index (χ0) is 17.9. The lowest BCUT2D eigenvalue weighted by Gasteiger charge is -2.08. The Morgan fingerprint density at radius 1 is 1.25 bits per heavy atom. The van der Waals surface area contributed by atoms with Gasteiger partial charge in [-0.1, -0.05) is 37.3 Å². The minimum Gasteiger partial charge on any atom is -0.396 e. The third kappa shape index (κ3) is 7.55. The smallest absolute Gasteiger partial charge is 0.222 e. The first kappa shape index (κ1) is 20.1. The molecule has 0 unspecified atom stereocenters. The molecule has 1 N–H and O–H groups in total. The lowest BCUT2D eigenvalue weighted by atomic mass is 9.99. The number of amides is 1. The van der Waals surface area contributed by atoms with E-state index in [0.717, 1.165) is 18.4 Å². The second kappa shape index (κ2) is 10.8. The first-order chi connectivity index (χ1) is 11.4. The van der Waals surface area contributed by atoms with Gasteiger partial charge in [0.05, 0.1) is 0 Å². The lowest BCUT2D eigenvalue weighted by Crippen LogP contribution is -2.20. The summed E-state index contributed by atoms with van der Waals surface area (Å²) in [5.41, 5.74) is 1.71. The van der Waals surface area contributed by atoms with Crippen molar-refractivity contribution < 1.29 is 14.7 Å². The van der Waals surface area contributed by atoms with Crippen LogP contribution in [0.15, 0.2) is 30.3 Å². The number of benzene rings is 1. The van der Waals surface area contributed by atoms with E-state index in [1.807, 2.05) is 43.3 Å². The molecule has 0 aliphatic heterocycles. The van der Waals surface area contributed by atoms with Crippen LogP contribution in [0.4, 0.5) is 0 Å². The maximum Gasteiger partial charge on any atom is 0.222 e. The van der Waals surface area contributed by atoms with Gasteiger partial charge in [-0.2, -0.15) is 0 Å². The Kier molecular flexibility index (Phi) is 9.02. The van der Waals surface area contributed by atoms with Gasteiger partial charge in [-0.25, -0.2) is 0 Å². The Balaban J connectivity index is 2.48. The van der Waals surface area contributed by atoms with Crippen molar-refractivity contribution in [2.45, 2.75) is 39.0 Å². The Morgan fingerprint density at radius 2 is 2.00 bits per heavy atom. The van der Waals surface area contributed by atoms with Crippen molar-refractivity contribution in [3.63, 3.8) is 0 Å². The zero-order valence-corrected chi connectivity index (χ0v) is 15.0. The maximum atomic E-state index is 12.2. The second-order valence-electron chi connectivity index (χ2n) is 6.46. The fraction of sp³-hybridized carbons (Fsp3) is 0.500. The number of ketones is 1. The molecule has 1 amide bonds. The molecule has 1 atom stereocenters. The fourth-order valence-corrected chi connectivity index (χ4v) is 2.24. The van der Waals surface area contributed by atoms with Gasteiger partial charge in [0.1, 0.15) is 0 Å². The number of nitrogens with zero attached hydrogens (tertiary/aromatic N) is 1. The highest BCUT2D eigenvalue weighted by molar-refractivity contribution is 5.96. The Hall–Kier alpha value is -1.94. The molecule has 0 aliphatic carbocycles. The molecule has 0 spiro atoms. The molecule has 0 saturated heterocycles. The molecule has 1 aromatic rings. The quantitative estimate of drug-likeness (QED) is 0.527. The van der Waals surface area contributed by atoms with Crippen molar-refractivity contribution >= 4 is 17.8 Å². The highest BCUT2D eigenvalue weighted by atomic mass is 16.3. The molecule has 1 aromatic carbocycles. The third-order valence-corrected chi connectivity index (χ3v) is 3.96. The second-order valence-corrected chi connectivity index (χ2v) is 6.46. The molecular weight excluding hydrogens is 302 g/mol. The molecule has 0 aliphatic rings. The number of carbonyl (C=O) groups is 2. The predicted octanol–water partition coefficient (Wildman–Crippen LogP) is 3.55. The minimum atomic E-state index is 0.113. The van der Waals surface area contributed by atoms with Gasteiger partial charge < -0.3 is 10.0 Å². The zero-order valence-electron chi connectivity index (χ0n) is 15.0. The summed E-state index contributed by atoms with van der Waals surface area (Å²) in [6, 6.07) is 7.58. The molecule has 4 heteroatoms. The van der Waals surface area contributed by atoms with Crippen molar-refractivity contribution in [2.24, 2.45) is 5.92 Å². The van der Waals surface area contributed by atoms with Crippen molar-refractivity contribution in [3.8, 4) is 0 Å². The largest absolute Gasteiger partial charge is 0.396 e. The summed E-state index contributed by atoms with van der Waals surface area (Å²) in [5.74, 6) is 0.414. The van der Waals surface area contributed by atoms with Gasteiger partial charge in [0, 0.05) is 39.1 Å². The van der Waals surface area contributed by atoms with Crippen LogP contribution in [0.3, 0.4) is 0 Å². The number of Topliss-reactive ketones (excluding diaryl/α,β-unsaturated/α-hetero) is 1. The Labute approximate surface area is 145 Å². The average molecular weight is 331 g/mol. The van der Waals surface area contributed by atoms with Crippen molar-refractivity contribution in [3.05, 3.63) is 41.5 Å². The van der Waals surface area contributed by atoms with E-state index in [4.69, 9.17) is 5.11 Å². The summed E-state index contributed by atoms with van der Waals surface area (Å²) in [5, 5.41) is 9.02. The average Bonchev–Trinajstić information content (AvgIpc) is 2.58. The Bertz CT molecular complexity index is 564. The van der Waals surface area contributed by atoms with E-state index >= 15 is 0 Å². The van der Waals surface area contributed by atoms with Crippen LogP contribution in [0.2, 0.25) is 0 Å². The minimum absolute atomic E-state index is 0.113. The van der Waals surface area contributed by atoms with Crippen LogP contribution in [-0.2, 0) is 4.79 Å². The van der Waals surface area contributed by atoms with E-state index in [-0.39, 0.29) is 24.2 Å². The van der Waals surface area contributed by atoms with E-state index in [2.05, 4.69) is 0 Å². The number of rotatable bonds is 10. The molecule has 1 rings (SSSR count). The molecule has 0 heterocycles. The third-order valence-electron chi connectivity index (χ3n) is 3.96. The molecule has 132 valence electrons. The molecule has 0 bridgehead atoms. The first-order valence-electron chi connectivity index (χ1n) is 8.55. The molecule has 24 heavy (non-hydrogen) atoms. The van der Waals surface area contributed by atoms with Crippen molar-refractivity contribution in [2.75, 3.05) is 20.7 Å². The van der Waals surface area contributed by atoms with Crippen LogP contribution in [0.25, 0.3) is 6.08 Å². The lowest BCUT2D eigenvalue weighted by molar-refractivity contribution is -0.128. The van der Waals surface area contributed by atoms with E-state index in [1.165, 1.54) is 0 Å². The predicted molar refractivity (Wildman–Crippen MR) is 97.8 cm³/mol. The van der Waals surface area contributed by atoms with Crippen molar-refractivity contribution in [1.82, 2.24) is 4.90 Å². The highest BCUT2D eigenvalue weighted by Crippen LogP contribution is 2.13. The number of aliphatic hydroxyl groups excluding tert-OH is 1. The SMILES string of the molecule is C[C@H](CO)CCC(=O)c1cccc(/C=C\CCCC(=O)N(C)C)c1. The summed E-state index contributed by atoms with van der Waals surface area (Å²) in [6.45, 7) is 2.06. The maximum absolute atomic E-state index is 12.2. The number of hydrogen-bond donors (Lipinski definition) is 1. The fourth-order valence-electron chi connectivity index (χ4n) is 2.24. The normalized spacial score (nSPS) is 12.3. The summed E-state index contributed by atoms with van der Waals surface area (Å²) in [4.78, 5) is 25.3. The molecule has 0 saturated carbocycles. The van der Waals surface area contributed by atoms with Gasteiger partial charge in [-0.15, -0.1) is 0 Å². The highest BCUT2D eigenvalue weighted by Gasteiger charge is 2.08. The van der Waals surface area contributed by atoms with Crippen LogP contribution in [0, 0.1) is 5.92 Å². The van der Waals surface area contributed by atoms with Crippen LogP contribution < -0.4 is 0 Å². The van der Waals surface area contributed by atoms with E-state index in [9.17, 15) is 9.59 Å². The number of aliphatic hydroxyl groups is 1. The summed E-state index contributed by atoms with van der Waals surface area (Å²) in [6.07, 6.45) is 7.42. The van der Waals surface area contributed by atoms with Gasteiger partial charge in [-0.05, 0) is 36.8 Å². The molecule has 4 nitrogen and oxygen atoms in total. The van der Waals surface area contributed by atoms with Gasteiger partial charge in [0.2, 0.25) is 5.91 Å². The van der Waals surface area contributed by atoms with E-state index < -0.39 is 0 Å². The standard InChI is InChI=1S/C20H29NO3/c1-16(15-22)12-13-19(23)18-10-7-9-17(14-18)8-5-4-6-11-20(24)21(2)3/h5,7-10,14,16,22H,4,6,11-13,15H2,1-3H3/b8-5-/t16-/m0/s1. The van der Waals surface area contributed by atoms with Gasteiger partial charge in [0.15, 0.2) is 5.78 Å². The van der Waals surface area contributed by atoms with Gasteiger partial charge in [-0.3, -0.25) is 9.59 Å².